The highest BCUT2D eigenvalue weighted by Crippen LogP contribution is 2.20. The molecular formula is C13H16ClN3O. The number of nitrogens with zero attached hydrogens (tertiary/aromatic N) is 1. The monoisotopic (exact) mass is 265 g/mol. The Morgan fingerprint density at radius 3 is 2.78 bits per heavy atom. The first-order valence-corrected chi connectivity index (χ1v) is 6.52. The van der Waals surface area contributed by atoms with Crippen LogP contribution in [0.2, 0.25) is 0 Å². The minimum atomic E-state index is -0.344. The third-order valence-corrected chi connectivity index (χ3v) is 3.30. The fourth-order valence-corrected chi connectivity index (χ4v) is 2.19. The van der Waals surface area contributed by atoms with Gasteiger partial charge in [-0.25, -0.2) is 10.2 Å². The molecule has 0 aliphatic heterocycles. The zero-order valence-electron chi connectivity index (χ0n) is 10.0. The van der Waals surface area contributed by atoms with Crippen molar-refractivity contribution in [3.63, 3.8) is 0 Å². The smallest absolute Gasteiger partial charge is 0.307 e. The van der Waals surface area contributed by atoms with Crippen molar-refractivity contribution in [1.29, 1.82) is 0 Å². The van der Waals surface area contributed by atoms with Crippen molar-refractivity contribution < 1.29 is 4.79 Å². The van der Waals surface area contributed by atoms with E-state index in [2.05, 4.69) is 15.8 Å². The number of nitrogens with one attached hydrogen (secondary N) is 2. The second kappa shape index (κ2) is 6.40. The average molecular weight is 266 g/mol. The van der Waals surface area contributed by atoms with Gasteiger partial charge in [-0.05, 0) is 31.4 Å². The van der Waals surface area contributed by atoms with E-state index in [1.165, 1.54) is 0 Å². The van der Waals surface area contributed by atoms with Crippen LogP contribution >= 0.6 is 11.6 Å². The zero-order chi connectivity index (χ0) is 12.8. The largest absolute Gasteiger partial charge is 0.339 e. The summed E-state index contributed by atoms with van der Waals surface area (Å²) in [5.74, 6) is 0. The van der Waals surface area contributed by atoms with Crippen molar-refractivity contribution in [2.45, 2.75) is 31.1 Å². The van der Waals surface area contributed by atoms with Gasteiger partial charge in [0.05, 0.1) is 11.1 Å². The number of alkyl halides is 1. The number of hydrogen-bond donors (Lipinski definition) is 2. The van der Waals surface area contributed by atoms with Crippen LogP contribution in [-0.4, -0.2) is 17.1 Å². The lowest BCUT2D eigenvalue weighted by Gasteiger charge is -2.18. The number of para-hydroxylation sites is 1. The summed E-state index contributed by atoms with van der Waals surface area (Å²) in [4.78, 5) is 11.6. The third kappa shape index (κ3) is 3.74. The fourth-order valence-electron chi connectivity index (χ4n) is 1.88. The number of carbonyl (C=O) groups is 1. The summed E-state index contributed by atoms with van der Waals surface area (Å²) in [6.07, 6.45) is 4.01. The molecule has 0 heterocycles. The molecule has 1 aliphatic rings. The highest BCUT2D eigenvalue weighted by Gasteiger charge is 2.18. The second-order valence-corrected chi connectivity index (χ2v) is 4.78. The summed E-state index contributed by atoms with van der Waals surface area (Å²) in [6.45, 7) is 0. The molecule has 0 radical (unpaired) electrons. The van der Waals surface area contributed by atoms with Crippen LogP contribution in [0.5, 0.6) is 0 Å². The van der Waals surface area contributed by atoms with Crippen LogP contribution in [0.3, 0.4) is 0 Å². The quantitative estimate of drug-likeness (QED) is 0.625. The Balaban J connectivity index is 1.86. The van der Waals surface area contributed by atoms with Gasteiger partial charge in [-0.1, -0.05) is 24.6 Å². The van der Waals surface area contributed by atoms with Crippen molar-refractivity contribution in [2.24, 2.45) is 5.10 Å². The molecule has 1 fully saturated rings. The minimum Gasteiger partial charge on any atom is -0.307 e. The molecule has 0 saturated heterocycles. The Labute approximate surface area is 111 Å². The van der Waals surface area contributed by atoms with Crippen LogP contribution in [0.25, 0.3) is 0 Å². The number of urea groups is 1. The first kappa shape index (κ1) is 12.9. The highest BCUT2D eigenvalue weighted by atomic mass is 35.5. The van der Waals surface area contributed by atoms with E-state index in [-0.39, 0.29) is 11.4 Å². The maximum absolute atomic E-state index is 11.6. The van der Waals surface area contributed by atoms with Crippen molar-refractivity contribution >= 4 is 29.0 Å². The van der Waals surface area contributed by atoms with Gasteiger partial charge in [-0.3, -0.25) is 0 Å². The standard InChI is InChI=1S/C13H16ClN3O/c14-11-8-4-5-9-12(11)16-17-13(18)15-10-6-2-1-3-7-10/h1-3,6-7,11H,4-5,8-9H2,(H2,15,17,18)/b16-12+. The van der Waals surface area contributed by atoms with Crippen LogP contribution in [0.4, 0.5) is 10.5 Å². The Hall–Kier alpha value is -1.55. The van der Waals surface area contributed by atoms with E-state index in [1.807, 2.05) is 30.3 Å². The number of rotatable bonds is 2. The summed E-state index contributed by atoms with van der Waals surface area (Å²) in [5.41, 5.74) is 4.09. The van der Waals surface area contributed by atoms with Gasteiger partial charge in [0.2, 0.25) is 0 Å². The van der Waals surface area contributed by atoms with Gasteiger partial charge >= 0.3 is 6.03 Å². The van der Waals surface area contributed by atoms with Gasteiger partial charge in [-0.2, -0.15) is 5.10 Å². The molecule has 2 amide bonds. The van der Waals surface area contributed by atoms with Crippen LogP contribution in [0, 0.1) is 0 Å². The van der Waals surface area contributed by atoms with E-state index in [4.69, 9.17) is 11.6 Å². The Bertz CT molecular complexity index is 433. The molecule has 1 aliphatic carbocycles. The molecule has 1 aromatic rings. The molecule has 18 heavy (non-hydrogen) atoms. The van der Waals surface area contributed by atoms with Crippen LogP contribution in [-0.2, 0) is 0 Å². The molecule has 0 spiro atoms. The highest BCUT2D eigenvalue weighted by molar-refractivity contribution is 6.32. The van der Waals surface area contributed by atoms with Gasteiger partial charge in [0.1, 0.15) is 0 Å². The van der Waals surface area contributed by atoms with Crippen molar-refractivity contribution in [3.8, 4) is 0 Å². The van der Waals surface area contributed by atoms with E-state index in [1.54, 1.807) is 0 Å². The van der Waals surface area contributed by atoms with Gasteiger partial charge in [0.15, 0.2) is 0 Å². The molecular weight excluding hydrogens is 250 g/mol. The van der Waals surface area contributed by atoms with E-state index in [0.29, 0.717) is 0 Å². The maximum Gasteiger partial charge on any atom is 0.339 e. The van der Waals surface area contributed by atoms with Gasteiger partial charge in [0, 0.05) is 5.69 Å². The minimum absolute atomic E-state index is 0.0456. The zero-order valence-corrected chi connectivity index (χ0v) is 10.8. The number of amides is 2. The molecule has 1 unspecified atom stereocenters. The van der Waals surface area contributed by atoms with Crippen LogP contribution in [0.1, 0.15) is 25.7 Å². The number of benzene rings is 1. The summed E-state index contributed by atoms with van der Waals surface area (Å²) in [7, 11) is 0. The molecule has 2 N–H and O–H groups in total. The van der Waals surface area contributed by atoms with E-state index in [0.717, 1.165) is 37.1 Å². The van der Waals surface area contributed by atoms with Crippen molar-refractivity contribution in [3.05, 3.63) is 30.3 Å². The SMILES string of the molecule is O=C(N/N=C1\CCCCC1Cl)Nc1ccccc1. The molecule has 1 aromatic carbocycles. The molecule has 0 bridgehead atoms. The topological polar surface area (TPSA) is 53.5 Å². The predicted molar refractivity (Wildman–Crippen MR) is 74.1 cm³/mol. The first-order valence-electron chi connectivity index (χ1n) is 6.08. The van der Waals surface area contributed by atoms with E-state index < -0.39 is 0 Å². The maximum atomic E-state index is 11.6. The molecule has 96 valence electrons. The lowest BCUT2D eigenvalue weighted by atomic mass is 9.98. The summed E-state index contributed by atoms with van der Waals surface area (Å²) in [6, 6.07) is 8.90. The van der Waals surface area contributed by atoms with Crippen LogP contribution < -0.4 is 10.7 Å². The number of hydrazone groups is 1. The summed E-state index contributed by atoms with van der Waals surface area (Å²) >= 11 is 6.12. The Kier molecular flexibility index (Phi) is 4.59. The summed E-state index contributed by atoms with van der Waals surface area (Å²) < 4.78 is 0. The molecule has 1 saturated carbocycles. The fraction of sp³-hybridized carbons (Fsp3) is 0.385. The van der Waals surface area contributed by atoms with E-state index in [9.17, 15) is 4.79 Å². The predicted octanol–water partition coefficient (Wildman–Crippen LogP) is 3.35. The lowest BCUT2D eigenvalue weighted by Crippen LogP contribution is -2.28. The van der Waals surface area contributed by atoms with E-state index >= 15 is 0 Å². The van der Waals surface area contributed by atoms with Gasteiger partial charge in [-0.15, -0.1) is 11.6 Å². The average Bonchev–Trinajstić information content (AvgIpc) is 2.39. The van der Waals surface area contributed by atoms with Gasteiger partial charge in [0.25, 0.3) is 0 Å². The van der Waals surface area contributed by atoms with Crippen molar-refractivity contribution in [1.82, 2.24) is 5.43 Å². The molecule has 0 aromatic heterocycles. The molecule has 5 heteroatoms. The second-order valence-electron chi connectivity index (χ2n) is 4.25. The lowest BCUT2D eigenvalue weighted by molar-refractivity contribution is 0.252. The third-order valence-electron chi connectivity index (χ3n) is 2.83. The summed E-state index contributed by atoms with van der Waals surface area (Å²) in [5, 5.41) is 6.73. The normalized spacial score (nSPS) is 21.6. The Morgan fingerprint density at radius 1 is 1.28 bits per heavy atom. The number of carbonyl (C=O) groups excluding carboxylic acids is 1. The molecule has 2 rings (SSSR count). The number of halogens is 1. The number of hydrogen-bond acceptors (Lipinski definition) is 2. The molecule has 1 atom stereocenters. The molecule has 4 nitrogen and oxygen atoms in total. The van der Waals surface area contributed by atoms with Crippen molar-refractivity contribution in [2.75, 3.05) is 5.32 Å². The Morgan fingerprint density at radius 2 is 2.06 bits per heavy atom. The first-order chi connectivity index (χ1) is 8.75. The van der Waals surface area contributed by atoms with Gasteiger partial charge < -0.3 is 5.32 Å². The number of anilines is 1. The van der Waals surface area contributed by atoms with Crippen LogP contribution in [0.15, 0.2) is 35.4 Å².